The molecule has 1 nitrogen and oxygen atoms in total. The number of hydrogen-bond donors (Lipinski definition) is 1. The van der Waals surface area contributed by atoms with Gasteiger partial charge in [-0.1, -0.05) is 6.07 Å². The van der Waals surface area contributed by atoms with Gasteiger partial charge in [0.05, 0.1) is 3.79 Å². The molecule has 0 amide bonds. The molecule has 1 N–H and O–H groups in total. The Bertz CT molecular complexity index is 512. The zero-order chi connectivity index (χ0) is 11.7. The first-order valence-corrected chi connectivity index (χ1v) is 6.12. The van der Waals surface area contributed by atoms with Crippen molar-refractivity contribution in [3.8, 4) is 0 Å². The zero-order valence-electron chi connectivity index (χ0n) is 7.95. The number of aliphatic hydroxyl groups excluding tert-OH is 1. The monoisotopic (exact) mass is 304 g/mol. The van der Waals surface area contributed by atoms with E-state index in [0.29, 0.717) is 5.56 Å². The maximum atomic E-state index is 13.4. The van der Waals surface area contributed by atoms with Gasteiger partial charge in [-0.05, 0) is 39.0 Å². The first-order valence-electron chi connectivity index (χ1n) is 4.45. The maximum Gasteiger partial charge on any atom is 0.132 e. The Labute approximate surface area is 103 Å². The zero-order valence-corrected chi connectivity index (χ0v) is 10.4. The number of rotatable bonds is 2. The van der Waals surface area contributed by atoms with Crippen LogP contribution in [0.4, 0.5) is 8.78 Å². The summed E-state index contributed by atoms with van der Waals surface area (Å²) < 4.78 is 26.9. The smallest absolute Gasteiger partial charge is 0.132 e. The van der Waals surface area contributed by atoms with Gasteiger partial charge in [0.1, 0.15) is 17.7 Å². The number of halogens is 3. The normalized spacial score (nSPS) is 12.8. The lowest BCUT2D eigenvalue weighted by atomic mass is 10.0. The Hall–Kier alpha value is -0.780. The Morgan fingerprint density at radius 3 is 2.56 bits per heavy atom. The van der Waals surface area contributed by atoms with Crippen LogP contribution >= 0.6 is 27.3 Å². The molecule has 0 saturated carbocycles. The van der Waals surface area contributed by atoms with E-state index >= 15 is 0 Å². The Balaban J connectivity index is 2.37. The summed E-state index contributed by atoms with van der Waals surface area (Å²) in [6.45, 7) is 0. The van der Waals surface area contributed by atoms with E-state index in [0.717, 1.165) is 15.9 Å². The van der Waals surface area contributed by atoms with Gasteiger partial charge in [-0.15, -0.1) is 11.3 Å². The Kier molecular flexibility index (Phi) is 3.37. The molecule has 1 unspecified atom stereocenters. The van der Waals surface area contributed by atoms with Gasteiger partial charge in [0, 0.05) is 11.6 Å². The maximum absolute atomic E-state index is 13.4. The van der Waals surface area contributed by atoms with Gasteiger partial charge in [-0.3, -0.25) is 0 Å². The second-order valence-electron chi connectivity index (χ2n) is 3.25. The largest absolute Gasteiger partial charge is 0.384 e. The molecule has 0 aliphatic heterocycles. The van der Waals surface area contributed by atoms with Crippen LogP contribution in [-0.4, -0.2) is 5.11 Å². The van der Waals surface area contributed by atoms with Gasteiger partial charge in [0.2, 0.25) is 0 Å². The number of benzene rings is 1. The van der Waals surface area contributed by atoms with Crippen LogP contribution in [0.3, 0.4) is 0 Å². The third-order valence-corrected chi connectivity index (χ3v) is 3.68. The van der Waals surface area contributed by atoms with Crippen molar-refractivity contribution in [3.05, 3.63) is 56.2 Å². The summed E-state index contributed by atoms with van der Waals surface area (Å²) in [4.78, 5) is 0. The van der Waals surface area contributed by atoms with Crippen LogP contribution in [0.1, 0.15) is 17.2 Å². The lowest BCUT2D eigenvalue weighted by Crippen LogP contribution is -2.01. The van der Waals surface area contributed by atoms with Crippen LogP contribution in [0.25, 0.3) is 0 Å². The van der Waals surface area contributed by atoms with Gasteiger partial charge in [-0.25, -0.2) is 8.78 Å². The van der Waals surface area contributed by atoms with E-state index in [1.807, 2.05) is 0 Å². The molecular formula is C11H7BrF2OS. The van der Waals surface area contributed by atoms with Crippen LogP contribution in [-0.2, 0) is 0 Å². The van der Waals surface area contributed by atoms with E-state index < -0.39 is 17.7 Å². The number of aliphatic hydroxyl groups is 1. The number of thiophene rings is 1. The molecule has 0 bridgehead atoms. The van der Waals surface area contributed by atoms with E-state index in [4.69, 9.17) is 0 Å². The third kappa shape index (κ3) is 2.31. The standard InChI is InChI=1S/C11H7BrF2OS/c12-10-3-6(5-16-10)11(15)8-2-1-7(13)4-9(8)14/h1-5,11,15H. The molecule has 0 spiro atoms. The van der Waals surface area contributed by atoms with Crippen LogP contribution in [0.15, 0.2) is 33.4 Å². The minimum absolute atomic E-state index is 0.0756. The molecule has 16 heavy (non-hydrogen) atoms. The molecule has 5 heteroatoms. The van der Waals surface area contributed by atoms with Crippen LogP contribution in [0.2, 0.25) is 0 Å². The molecule has 0 saturated heterocycles. The fourth-order valence-electron chi connectivity index (χ4n) is 1.37. The molecule has 0 aliphatic carbocycles. The van der Waals surface area contributed by atoms with Crippen molar-refractivity contribution in [2.45, 2.75) is 6.10 Å². The Morgan fingerprint density at radius 1 is 1.25 bits per heavy atom. The van der Waals surface area contributed by atoms with E-state index in [1.54, 1.807) is 11.4 Å². The Morgan fingerprint density at radius 2 is 2.00 bits per heavy atom. The van der Waals surface area contributed by atoms with Crippen LogP contribution in [0, 0.1) is 11.6 Å². The predicted octanol–water partition coefficient (Wildman–Crippen LogP) is 3.87. The van der Waals surface area contributed by atoms with Crippen molar-refractivity contribution in [2.24, 2.45) is 0 Å². The van der Waals surface area contributed by atoms with Crippen molar-refractivity contribution in [2.75, 3.05) is 0 Å². The average Bonchev–Trinajstić information content (AvgIpc) is 2.64. The van der Waals surface area contributed by atoms with Gasteiger partial charge < -0.3 is 5.11 Å². The van der Waals surface area contributed by atoms with E-state index in [2.05, 4.69) is 15.9 Å². The summed E-state index contributed by atoms with van der Waals surface area (Å²) in [6, 6.07) is 4.85. The molecule has 1 aromatic carbocycles. The molecule has 0 radical (unpaired) electrons. The van der Waals surface area contributed by atoms with Gasteiger partial charge in [0.15, 0.2) is 0 Å². The molecule has 1 atom stereocenters. The molecule has 0 fully saturated rings. The lowest BCUT2D eigenvalue weighted by molar-refractivity contribution is 0.215. The molecule has 0 aliphatic rings. The van der Waals surface area contributed by atoms with Crippen LogP contribution in [0.5, 0.6) is 0 Å². The second kappa shape index (κ2) is 4.61. The summed E-state index contributed by atoms with van der Waals surface area (Å²) in [6.07, 6.45) is -1.07. The van der Waals surface area contributed by atoms with Crippen molar-refractivity contribution >= 4 is 27.3 Å². The lowest BCUT2D eigenvalue weighted by Gasteiger charge is -2.10. The summed E-state index contributed by atoms with van der Waals surface area (Å²) in [5.41, 5.74) is 0.661. The second-order valence-corrected chi connectivity index (χ2v) is 5.54. The average molecular weight is 305 g/mol. The highest BCUT2D eigenvalue weighted by atomic mass is 79.9. The molecule has 1 aromatic heterocycles. The van der Waals surface area contributed by atoms with Crippen molar-refractivity contribution in [1.29, 1.82) is 0 Å². The molecule has 2 aromatic rings. The SMILES string of the molecule is OC(c1csc(Br)c1)c1ccc(F)cc1F. The highest BCUT2D eigenvalue weighted by Crippen LogP contribution is 2.30. The summed E-state index contributed by atoms with van der Waals surface area (Å²) >= 11 is 4.65. The van der Waals surface area contributed by atoms with Gasteiger partial charge in [-0.2, -0.15) is 0 Å². The molecule has 1 heterocycles. The van der Waals surface area contributed by atoms with Crippen molar-refractivity contribution in [1.82, 2.24) is 0 Å². The summed E-state index contributed by atoms with van der Waals surface area (Å²) in [7, 11) is 0. The van der Waals surface area contributed by atoms with E-state index in [-0.39, 0.29) is 5.56 Å². The third-order valence-electron chi connectivity index (χ3n) is 2.16. The predicted molar refractivity (Wildman–Crippen MR) is 62.4 cm³/mol. The van der Waals surface area contributed by atoms with Crippen molar-refractivity contribution < 1.29 is 13.9 Å². The van der Waals surface area contributed by atoms with Gasteiger partial charge >= 0.3 is 0 Å². The summed E-state index contributed by atoms with van der Waals surface area (Å²) in [5.74, 6) is -1.39. The topological polar surface area (TPSA) is 20.2 Å². The first kappa shape index (κ1) is 11.7. The minimum Gasteiger partial charge on any atom is -0.384 e. The summed E-state index contributed by atoms with van der Waals surface area (Å²) in [5, 5.41) is 11.6. The van der Waals surface area contributed by atoms with Gasteiger partial charge in [0.25, 0.3) is 0 Å². The van der Waals surface area contributed by atoms with Crippen LogP contribution < -0.4 is 0 Å². The molecule has 2 rings (SSSR count). The van der Waals surface area contributed by atoms with E-state index in [1.165, 1.54) is 17.4 Å². The fraction of sp³-hybridized carbons (Fsp3) is 0.0909. The molecule has 84 valence electrons. The molecular weight excluding hydrogens is 298 g/mol. The van der Waals surface area contributed by atoms with Crippen molar-refractivity contribution in [3.63, 3.8) is 0 Å². The van der Waals surface area contributed by atoms with E-state index in [9.17, 15) is 13.9 Å². The highest BCUT2D eigenvalue weighted by Gasteiger charge is 2.16. The number of hydrogen-bond acceptors (Lipinski definition) is 2. The minimum atomic E-state index is -1.07. The first-order chi connectivity index (χ1) is 7.58. The highest BCUT2D eigenvalue weighted by molar-refractivity contribution is 9.11. The fourth-order valence-corrected chi connectivity index (χ4v) is 2.56. The quantitative estimate of drug-likeness (QED) is 0.893.